The molecule has 0 bridgehead atoms. The lowest BCUT2D eigenvalue weighted by Crippen LogP contribution is -2.45. The maximum atomic E-state index is 12.3. The van der Waals surface area contributed by atoms with Gasteiger partial charge in [0.05, 0.1) is 18.8 Å². The van der Waals surface area contributed by atoms with Crippen molar-refractivity contribution in [1.82, 2.24) is 5.32 Å². The molecule has 2 atom stereocenters. The van der Waals surface area contributed by atoms with Crippen LogP contribution >= 0.6 is 0 Å². The van der Waals surface area contributed by atoms with E-state index in [0.717, 1.165) is 77.0 Å². The van der Waals surface area contributed by atoms with E-state index in [2.05, 4.69) is 116 Å². The van der Waals surface area contributed by atoms with Crippen LogP contribution in [0.5, 0.6) is 0 Å². The van der Waals surface area contributed by atoms with Crippen molar-refractivity contribution in [3.8, 4) is 0 Å². The van der Waals surface area contributed by atoms with Gasteiger partial charge in [-0.1, -0.05) is 155 Å². The lowest BCUT2D eigenvalue weighted by molar-refractivity contribution is -0.122. The second kappa shape index (κ2) is 37.5. The van der Waals surface area contributed by atoms with E-state index in [1.54, 1.807) is 6.08 Å². The minimum Gasteiger partial charge on any atom is -0.394 e. The summed E-state index contributed by atoms with van der Waals surface area (Å²) in [7, 11) is 0. The van der Waals surface area contributed by atoms with Crippen molar-refractivity contribution < 1.29 is 15.0 Å². The highest BCUT2D eigenvalue weighted by atomic mass is 16.3. The van der Waals surface area contributed by atoms with Gasteiger partial charge in [-0.25, -0.2) is 0 Å². The fraction of sp³-hybridized carbons (Fsp3) is 0.558. The summed E-state index contributed by atoms with van der Waals surface area (Å²) in [6.45, 7) is 4.11. The summed E-state index contributed by atoms with van der Waals surface area (Å²) in [5.74, 6) is -0.139. The van der Waals surface area contributed by atoms with Crippen LogP contribution in [-0.2, 0) is 4.79 Å². The van der Waals surface area contributed by atoms with Crippen LogP contribution in [0.25, 0.3) is 0 Å². The van der Waals surface area contributed by atoms with E-state index in [1.165, 1.54) is 38.5 Å². The predicted octanol–water partition coefficient (Wildman–Crippen LogP) is 11.3. The fourth-order valence-electron chi connectivity index (χ4n) is 4.65. The van der Waals surface area contributed by atoms with Crippen LogP contribution in [0.15, 0.2) is 109 Å². The number of carbonyl (C=O) groups excluding carboxylic acids is 1. The monoisotopic (exact) mass is 648 g/mol. The van der Waals surface area contributed by atoms with Gasteiger partial charge in [0.2, 0.25) is 5.91 Å². The molecule has 0 saturated heterocycles. The van der Waals surface area contributed by atoms with Crippen molar-refractivity contribution >= 4 is 5.91 Å². The lowest BCUT2D eigenvalue weighted by Gasteiger charge is -2.19. The van der Waals surface area contributed by atoms with E-state index in [4.69, 9.17) is 0 Å². The smallest absolute Gasteiger partial charge is 0.220 e. The second-order valence-corrected chi connectivity index (χ2v) is 11.9. The number of rotatable bonds is 31. The highest BCUT2D eigenvalue weighted by molar-refractivity contribution is 5.76. The molecule has 264 valence electrons. The van der Waals surface area contributed by atoms with Gasteiger partial charge in [-0.05, 0) is 83.5 Å². The molecule has 2 unspecified atom stereocenters. The zero-order chi connectivity index (χ0) is 34.3. The molecule has 0 heterocycles. The average Bonchev–Trinajstić information content (AvgIpc) is 3.07. The normalized spacial score (nSPS) is 14.4. The molecular formula is C43H69NO3. The summed E-state index contributed by atoms with van der Waals surface area (Å²) >= 11 is 0. The first-order chi connectivity index (χ1) is 23.2. The van der Waals surface area contributed by atoms with Gasteiger partial charge in [-0.3, -0.25) is 4.79 Å². The van der Waals surface area contributed by atoms with Gasteiger partial charge in [0, 0.05) is 6.42 Å². The maximum Gasteiger partial charge on any atom is 0.220 e. The van der Waals surface area contributed by atoms with Crippen molar-refractivity contribution in [2.75, 3.05) is 6.61 Å². The third-order valence-electron chi connectivity index (χ3n) is 7.49. The van der Waals surface area contributed by atoms with Gasteiger partial charge >= 0.3 is 0 Å². The Labute approximate surface area is 289 Å². The van der Waals surface area contributed by atoms with Crippen molar-refractivity contribution in [3.05, 3.63) is 109 Å². The van der Waals surface area contributed by atoms with Crippen LogP contribution in [0.2, 0.25) is 0 Å². The van der Waals surface area contributed by atoms with Crippen LogP contribution < -0.4 is 5.32 Å². The first kappa shape index (κ1) is 44.0. The maximum absolute atomic E-state index is 12.3. The number of amides is 1. The largest absolute Gasteiger partial charge is 0.394 e. The molecule has 0 aliphatic heterocycles. The number of aliphatic hydroxyl groups excluding tert-OH is 2. The molecule has 47 heavy (non-hydrogen) atoms. The second-order valence-electron chi connectivity index (χ2n) is 11.9. The Morgan fingerprint density at radius 2 is 0.957 bits per heavy atom. The minimum atomic E-state index is -0.891. The fourth-order valence-corrected chi connectivity index (χ4v) is 4.65. The zero-order valence-corrected chi connectivity index (χ0v) is 30.0. The predicted molar refractivity (Wildman–Crippen MR) is 206 cm³/mol. The molecule has 0 fully saturated rings. The molecule has 0 aromatic heterocycles. The topological polar surface area (TPSA) is 69.6 Å². The molecule has 0 saturated carbocycles. The molecule has 0 rings (SSSR count). The van der Waals surface area contributed by atoms with Crippen LogP contribution in [0.1, 0.15) is 136 Å². The number of aliphatic hydroxyl groups is 2. The zero-order valence-electron chi connectivity index (χ0n) is 30.0. The Hall–Kier alpha value is -2.95. The SMILES string of the molecule is CC/C=C\C/C=C\C/C=C\C/C=C\C/C=C\C/C=C\C/C=C\CCCC(=O)NC(CO)C(O)/C=C/CC/C=C/CCCCCCCC. The van der Waals surface area contributed by atoms with Crippen LogP contribution in [-0.4, -0.2) is 34.9 Å². The van der Waals surface area contributed by atoms with Gasteiger partial charge in [0.25, 0.3) is 0 Å². The average molecular weight is 648 g/mol. The first-order valence-corrected chi connectivity index (χ1v) is 18.6. The van der Waals surface area contributed by atoms with Crippen molar-refractivity contribution in [2.24, 2.45) is 0 Å². The molecule has 3 N–H and O–H groups in total. The molecule has 4 nitrogen and oxygen atoms in total. The minimum absolute atomic E-state index is 0.139. The van der Waals surface area contributed by atoms with E-state index >= 15 is 0 Å². The van der Waals surface area contributed by atoms with Crippen LogP contribution in [0.3, 0.4) is 0 Å². The van der Waals surface area contributed by atoms with Gasteiger partial charge in [-0.15, -0.1) is 0 Å². The molecule has 0 radical (unpaired) electrons. The lowest BCUT2D eigenvalue weighted by atomic mass is 10.1. The van der Waals surface area contributed by atoms with Crippen molar-refractivity contribution in [3.63, 3.8) is 0 Å². The quantitative estimate of drug-likeness (QED) is 0.0518. The summed E-state index contributed by atoms with van der Waals surface area (Å²) in [5.41, 5.74) is 0. The summed E-state index contributed by atoms with van der Waals surface area (Å²) in [4.78, 5) is 12.3. The summed E-state index contributed by atoms with van der Waals surface area (Å²) < 4.78 is 0. The highest BCUT2D eigenvalue weighted by Gasteiger charge is 2.17. The number of unbranched alkanes of at least 4 members (excludes halogenated alkanes) is 8. The Morgan fingerprint density at radius 3 is 1.49 bits per heavy atom. The number of carbonyl (C=O) groups is 1. The molecule has 4 heteroatoms. The molecule has 1 amide bonds. The molecule has 0 aromatic carbocycles. The summed E-state index contributed by atoms with van der Waals surface area (Å²) in [5, 5.41) is 22.8. The third-order valence-corrected chi connectivity index (χ3v) is 7.49. The number of hydrogen-bond acceptors (Lipinski definition) is 3. The van der Waals surface area contributed by atoms with E-state index < -0.39 is 12.1 Å². The van der Waals surface area contributed by atoms with Crippen LogP contribution in [0.4, 0.5) is 0 Å². The molecule has 0 aromatic rings. The molecular weight excluding hydrogens is 578 g/mol. The van der Waals surface area contributed by atoms with E-state index in [0.29, 0.717) is 6.42 Å². The van der Waals surface area contributed by atoms with Gasteiger partial charge in [0.15, 0.2) is 0 Å². The van der Waals surface area contributed by atoms with E-state index in [1.807, 2.05) is 6.08 Å². The van der Waals surface area contributed by atoms with Gasteiger partial charge in [0.1, 0.15) is 0 Å². The Balaban J connectivity index is 3.86. The van der Waals surface area contributed by atoms with Crippen molar-refractivity contribution in [1.29, 1.82) is 0 Å². The number of hydrogen-bond donors (Lipinski definition) is 3. The van der Waals surface area contributed by atoms with E-state index in [-0.39, 0.29) is 12.5 Å². The summed E-state index contributed by atoms with van der Waals surface area (Å²) in [6, 6.07) is -0.675. The van der Waals surface area contributed by atoms with Gasteiger partial charge in [-0.2, -0.15) is 0 Å². The highest BCUT2D eigenvalue weighted by Crippen LogP contribution is 2.08. The Bertz CT molecular complexity index is 964. The molecule has 0 aliphatic rings. The van der Waals surface area contributed by atoms with E-state index in [9.17, 15) is 15.0 Å². The Morgan fingerprint density at radius 1 is 0.532 bits per heavy atom. The number of allylic oxidation sites excluding steroid dienone is 17. The molecule has 0 spiro atoms. The first-order valence-electron chi connectivity index (χ1n) is 18.6. The molecule has 0 aliphatic carbocycles. The van der Waals surface area contributed by atoms with Gasteiger partial charge < -0.3 is 15.5 Å². The summed E-state index contributed by atoms with van der Waals surface area (Å²) in [6.07, 6.45) is 57.5. The number of nitrogens with one attached hydrogen (secondary N) is 1. The Kier molecular flexibility index (Phi) is 35.2. The standard InChI is InChI=1S/C43H69NO3/c1-3-5-7-9-11-13-15-17-18-19-20-21-22-23-24-25-26-27-29-31-33-35-37-39-43(47)44-41(40-45)42(46)38-36-34-32-30-28-16-14-12-10-8-6-4-2/h5,7,11,13,17-18,20-21,23-24,26-28,30-31,33,36,38,41-42,45-46H,3-4,6,8-10,12,14-16,19,22,25,29,32,34-35,37,39-40H2,1-2H3,(H,44,47)/b7-5-,13-11-,18-17-,21-20-,24-23-,27-26-,30-28+,33-31-,38-36+. The van der Waals surface area contributed by atoms with Crippen molar-refractivity contribution in [2.45, 2.75) is 148 Å². The van der Waals surface area contributed by atoms with Crippen LogP contribution in [0, 0.1) is 0 Å². The third kappa shape index (κ3) is 34.2.